The van der Waals surface area contributed by atoms with E-state index in [0.717, 1.165) is 22.4 Å². The van der Waals surface area contributed by atoms with Crippen LogP contribution in [0.1, 0.15) is 10.5 Å². The number of aromatic amines is 1. The zero-order valence-electron chi connectivity index (χ0n) is 16.7. The Morgan fingerprint density at radius 3 is 2.48 bits per heavy atom. The van der Waals surface area contributed by atoms with Crippen LogP contribution >= 0.6 is 11.6 Å². The average Bonchev–Trinajstić information content (AvgIpc) is 3.23. The summed E-state index contributed by atoms with van der Waals surface area (Å²) in [5.41, 5.74) is 1.99. The van der Waals surface area contributed by atoms with E-state index in [-0.39, 0.29) is 11.5 Å². The number of aromatic nitrogens is 3. The van der Waals surface area contributed by atoms with Crippen molar-refractivity contribution in [2.45, 2.75) is 0 Å². The van der Waals surface area contributed by atoms with Crippen LogP contribution in [0.2, 0.25) is 5.02 Å². The highest BCUT2D eigenvalue weighted by atomic mass is 35.5. The largest absolute Gasteiger partial charge is 0.352 e. The molecule has 1 amide bonds. The summed E-state index contributed by atoms with van der Waals surface area (Å²) in [5, 5.41) is 6.10. The van der Waals surface area contributed by atoms with E-state index in [2.05, 4.69) is 15.0 Å². The fraction of sp³-hybridized carbons (Fsp3) is 0.174. The molecule has 8 heteroatoms. The molecule has 1 N–H and O–H groups in total. The molecule has 0 radical (unpaired) electrons. The maximum atomic E-state index is 13.0. The van der Waals surface area contributed by atoms with Crippen molar-refractivity contribution >= 4 is 34.2 Å². The summed E-state index contributed by atoms with van der Waals surface area (Å²) in [6.45, 7) is 2.41. The Morgan fingerprint density at radius 1 is 0.935 bits per heavy atom. The minimum Gasteiger partial charge on any atom is -0.352 e. The van der Waals surface area contributed by atoms with Crippen LogP contribution in [0.15, 0.2) is 71.5 Å². The number of hydrogen-bond acceptors (Lipinski definition) is 4. The number of H-pyrrole nitrogens is 1. The molecule has 2 aromatic heterocycles. The molecule has 7 nitrogen and oxygen atoms in total. The number of rotatable bonds is 3. The summed E-state index contributed by atoms with van der Waals surface area (Å²) < 4.78 is 1.41. The van der Waals surface area contributed by atoms with Crippen LogP contribution in [0.5, 0.6) is 0 Å². The van der Waals surface area contributed by atoms with Gasteiger partial charge in [-0.1, -0.05) is 29.8 Å². The van der Waals surface area contributed by atoms with Crippen molar-refractivity contribution in [1.82, 2.24) is 19.7 Å². The lowest BCUT2D eigenvalue weighted by Crippen LogP contribution is -2.49. The molecule has 1 aliphatic heterocycles. The van der Waals surface area contributed by atoms with Gasteiger partial charge in [0.05, 0.1) is 5.69 Å². The van der Waals surface area contributed by atoms with E-state index in [1.54, 1.807) is 12.1 Å². The van der Waals surface area contributed by atoms with Gasteiger partial charge in [0, 0.05) is 48.2 Å². The number of carbonyl (C=O) groups is 1. The molecule has 156 valence electrons. The molecule has 3 heterocycles. The van der Waals surface area contributed by atoms with Gasteiger partial charge in [-0.3, -0.25) is 9.59 Å². The number of hydrogen-bond donors (Lipinski definition) is 1. The van der Waals surface area contributed by atoms with Gasteiger partial charge in [-0.05, 0) is 42.5 Å². The number of anilines is 1. The molecule has 0 unspecified atom stereocenters. The van der Waals surface area contributed by atoms with Crippen molar-refractivity contribution in [2.24, 2.45) is 0 Å². The number of piperazine rings is 1. The third-order valence-electron chi connectivity index (χ3n) is 5.49. The number of benzene rings is 2. The van der Waals surface area contributed by atoms with Gasteiger partial charge in [0.1, 0.15) is 11.5 Å². The Balaban J connectivity index is 1.31. The zero-order chi connectivity index (χ0) is 21.4. The maximum Gasteiger partial charge on any atom is 0.271 e. The lowest BCUT2D eigenvalue weighted by atomic mass is 10.2. The smallest absolute Gasteiger partial charge is 0.271 e. The first-order valence-corrected chi connectivity index (χ1v) is 10.4. The lowest BCUT2D eigenvalue weighted by Gasteiger charge is -2.35. The topological polar surface area (TPSA) is 74.2 Å². The fourth-order valence-electron chi connectivity index (χ4n) is 3.85. The quantitative estimate of drug-likeness (QED) is 0.537. The van der Waals surface area contributed by atoms with Crippen molar-refractivity contribution in [2.75, 3.05) is 31.1 Å². The molecule has 0 atom stereocenters. The van der Waals surface area contributed by atoms with E-state index in [0.29, 0.717) is 36.9 Å². The van der Waals surface area contributed by atoms with E-state index < -0.39 is 0 Å². The van der Waals surface area contributed by atoms with Crippen molar-refractivity contribution in [1.29, 1.82) is 0 Å². The van der Waals surface area contributed by atoms with Gasteiger partial charge in [0.15, 0.2) is 0 Å². The summed E-state index contributed by atoms with van der Waals surface area (Å²) in [5.74, 6) is 0.685. The highest BCUT2D eigenvalue weighted by Gasteiger charge is 2.24. The number of carbonyl (C=O) groups excluding carboxylic acids is 1. The number of nitrogens with zero attached hydrogens (tertiary/aromatic N) is 4. The van der Waals surface area contributed by atoms with Crippen LogP contribution in [-0.4, -0.2) is 51.8 Å². The Labute approximate surface area is 183 Å². The minimum atomic E-state index is -0.178. The molecule has 0 aliphatic carbocycles. The Kier molecular flexibility index (Phi) is 4.95. The molecule has 4 aromatic rings. The molecule has 1 fully saturated rings. The van der Waals surface area contributed by atoms with Crippen molar-refractivity contribution in [3.05, 3.63) is 87.8 Å². The molecular formula is C23H20ClN5O2. The van der Waals surface area contributed by atoms with Gasteiger partial charge in [-0.15, -0.1) is 5.10 Å². The third-order valence-corrected chi connectivity index (χ3v) is 5.73. The molecule has 0 bridgehead atoms. The number of amides is 1. The summed E-state index contributed by atoms with van der Waals surface area (Å²) in [4.78, 5) is 32.3. The van der Waals surface area contributed by atoms with Gasteiger partial charge < -0.3 is 14.8 Å². The van der Waals surface area contributed by atoms with Crippen molar-refractivity contribution in [3.8, 4) is 5.69 Å². The maximum absolute atomic E-state index is 13.0. The van der Waals surface area contributed by atoms with Crippen LogP contribution in [0.25, 0.3) is 16.6 Å². The van der Waals surface area contributed by atoms with Crippen LogP contribution < -0.4 is 10.5 Å². The van der Waals surface area contributed by atoms with E-state index in [4.69, 9.17) is 11.6 Å². The zero-order valence-corrected chi connectivity index (χ0v) is 17.4. The second kappa shape index (κ2) is 7.92. The highest BCUT2D eigenvalue weighted by molar-refractivity contribution is 6.31. The van der Waals surface area contributed by atoms with E-state index >= 15 is 0 Å². The van der Waals surface area contributed by atoms with Crippen LogP contribution in [0.3, 0.4) is 0 Å². The van der Waals surface area contributed by atoms with Crippen molar-refractivity contribution < 1.29 is 4.79 Å². The number of nitrogens with one attached hydrogen (secondary N) is 1. The van der Waals surface area contributed by atoms with Crippen LogP contribution in [0, 0.1) is 0 Å². The number of fused-ring (bicyclic) bond motifs is 1. The second-order valence-corrected chi connectivity index (χ2v) is 7.91. The Bertz CT molecular complexity index is 1310. The monoisotopic (exact) mass is 433 g/mol. The normalized spacial score (nSPS) is 14.2. The molecule has 1 aliphatic rings. The van der Waals surface area contributed by atoms with Crippen LogP contribution in [-0.2, 0) is 0 Å². The molecule has 31 heavy (non-hydrogen) atoms. The predicted octanol–water partition coefficient (Wildman–Crippen LogP) is 3.33. The third kappa shape index (κ3) is 3.80. The first kappa shape index (κ1) is 19.4. The predicted molar refractivity (Wildman–Crippen MR) is 121 cm³/mol. The molecule has 0 spiro atoms. The standard InChI is InChI=1S/C23H20ClN5O2/c24-17-6-7-19-16(14-17)15-20(25-19)23(31)28-12-10-27(11-13-28)21-8-9-22(30)29(26-21)18-4-2-1-3-5-18/h1-9,14-15,25H,10-13H2. The van der Waals surface area contributed by atoms with Crippen LogP contribution in [0.4, 0.5) is 5.82 Å². The van der Waals surface area contributed by atoms with Gasteiger partial charge in [-0.25, -0.2) is 0 Å². The average molecular weight is 434 g/mol. The molecule has 5 rings (SSSR count). The van der Waals surface area contributed by atoms with Crippen molar-refractivity contribution in [3.63, 3.8) is 0 Å². The summed E-state index contributed by atoms with van der Waals surface area (Å²) in [7, 11) is 0. The summed E-state index contributed by atoms with van der Waals surface area (Å²) in [6.07, 6.45) is 0. The fourth-order valence-corrected chi connectivity index (χ4v) is 4.03. The van der Waals surface area contributed by atoms with Gasteiger partial charge in [-0.2, -0.15) is 4.68 Å². The number of halogens is 1. The van der Waals surface area contributed by atoms with Gasteiger partial charge >= 0.3 is 0 Å². The van der Waals surface area contributed by atoms with E-state index in [1.165, 1.54) is 10.7 Å². The lowest BCUT2D eigenvalue weighted by molar-refractivity contribution is 0.0741. The van der Waals surface area contributed by atoms with Gasteiger partial charge in [0.25, 0.3) is 11.5 Å². The highest BCUT2D eigenvalue weighted by Crippen LogP contribution is 2.21. The molecule has 1 saturated heterocycles. The first-order chi connectivity index (χ1) is 15.1. The number of para-hydroxylation sites is 1. The summed E-state index contributed by atoms with van der Waals surface area (Å²) >= 11 is 6.05. The first-order valence-electron chi connectivity index (χ1n) is 10.1. The van der Waals surface area contributed by atoms with E-state index in [9.17, 15) is 9.59 Å². The van der Waals surface area contributed by atoms with Gasteiger partial charge in [0.2, 0.25) is 0 Å². The Hall–Kier alpha value is -3.58. The second-order valence-electron chi connectivity index (χ2n) is 7.47. The molecule has 2 aromatic carbocycles. The summed E-state index contributed by atoms with van der Waals surface area (Å²) in [6, 6.07) is 20.0. The minimum absolute atomic E-state index is 0.0332. The SMILES string of the molecule is O=C(c1cc2cc(Cl)ccc2[nH]1)N1CCN(c2ccc(=O)n(-c3ccccc3)n2)CC1. The molecule has 0 saturated carbocycles. The Morgan fingerprint density at radius 2 is 1.71 bits per heavy atom. The molecular weight excluding hydrogens is 414 g/mol. The van der Waals surface area contributed by atoms with E-state index in [1.807, 2.05) is 53.4 Å².